The molecule has 20 heavy (non-hydrogen) atoms. The second-order valence-corrected chi connectivity index (χ2v) is 5.55. The van der Waals surface area contributed by atoms with Gasteiger partial charge in [-0.05, 0) is 31.5 Å². The zero-order valence-electron chi connectivity index (χ0n) is 11.1. The summed E-state index contributed by atoms with van der Waals surface area (Å²) in [5.74, 6) is -1.17. The maximum atomic E-state index is 11.8. The molecule has 0 radical (unpaired) electrons. The van der Waals surface area contributed by atoms with E-state index in [0.717, 1.165) is 0 Å². The zero-order chi connectivity index (χ0) is 14.8. The van der Waals surface area contributed by atoms with Crippen molar-refractivity contribution < 1.29 is 14.7 Å². The molecule has 5 nitrogen and oxygen atoms in total. The zero-order valence-corrected chi connectivity index (χ0v) is 11.9. The predicted molar refractivity (Wildman–Crippen MR) is 77.2 cm³/mol. The third kappa shape index (κ3) is 2.85. The number of thiazole rings is 1. The van der Waals surface area contributed by atoms with Gasteiger partial charge in [0.2, 0.25) is 0 Å². The van der Waals surface area contributed by atoms with E-state index >= 15 is 0 Å². The molecular weight excluding hydrogens is 276 g/mol. The van der Waals surface area contributed by atoms with Crippen molar-refractivity contribution in [1.82, 2.24) is 4.98 Å². The normalized spacial score (nSPS) is 11.1. The van der Waals surface area contributed by atoms with E-state index in [-0.39, 0.29) is 5.91 Å². The first-order valence-electron chi connectivity index (χ1n) is 5.95. The van der Waals surface area contributed by atoms with Crippen molar-refractivity contribution in [3.05, 3.63) is 46.4 Å². The standard InChI is InChI=1S/C14H14N2O3S/c1-14(2,13(18)19)9-3-5-10(6-4-9)16-12(17)11-7-20-8-15-11/h3-8H,1-2H3,(H,16,17)(H,18,19). The van der Waals surface area contributed by atoms with Crippen molar-refractivity contribution >= 4 is 28.9 Å². The smallest absolute Gasteiger partial charge is 0.313 e. The quantitative estimate of drug-likeness (QED) is 0.907. The Bertz CT molecular complexity index is 618. The number of amides is 1. The lowest BCUT2D eigenvalue weighted by atomic mass is 9.85. The highest BCUT2D eigenvalue weighted by molar-refractivity contribution is 7.07. The summed E-state index contributed by atoms with van der Waals surface area (Å²) < 4.78 is 0. The number of aromatic nitrogens is 1. The molecule has 1 amide bonds. The number of rotatable bonds is 4. The molecule has 0 bridgehead atoms. The number of aliphatic carboxylic acids is 1. The van der Waals surface area contributed by atoms with E-state index in [9.17, 15) is 9.59 Å². The number of carbonyl (C=O) groups is 2. The van der Waals surface area contributed by atoms with E-state index in [2.05, 4.69) is 10.3 Å². The molecule has 6 heteroatoms. The number of nitrogens with one attached hydrogen (secondary N) is 1. The van der Waals surface area contributed by atoms with Gasteiger partial charge in [0.1, 0.15) is 5.69 Å². The topological polar surface area (TPSA) is 79.3 Å². The summed E-state index contributed by atoms with van der Waals surface area (Å²) in [6.45, 7) is 3.27. The van der Waals surface area contributed by atoms with Crippen LogP contribution >= 0.6 is 11.3 Å². The van der Waals surface area contributed by atoms with Crippen molar-refractivity contribution in [2.75, 3.05) is 5.32 Å². The third-order valence-electron chi connectivity index (χ3n) is 3.06. The summed E-state index contributed by atoms with van der Waals surface area (Å²) in [5.41, 5.74) is 2.28. The molecule has 0 aliphatic heterocycles. The summed E-state index contributed by atoms with van der Waals surface area (Å²) in [5, 5.41) is 13.5. The molecule has 0 aliphatic rings. The Hall–Kier alpha value is -2.21. The Morgan fingerprint density at radius 3 is 2.40 bits per heavy atom. The number of carboxylic acids is 1. The highest BCUT2D eigenvalue weighted by atomic mass is 32.1. The number of carboxylic acid groups (broad SMARTS) is 1. The van der Waals surface area contributed by atoms with Gasteiger partial charge >= 0.3 is 5.97 Å². The van der Waals surface area contributed by atoms with Crippen LogP contribution in [-0.2, 0) is 10.2 Å². The van der Waals surface area contributed by atoms with Crippen LogP contribution in [0.25, 0.3) is 0 Å². The summed E-state index contributed by atoms with van der Waals surface area (Å²) in [6.07, 6.45) is 0. The second kappa shape index (κ2) is 5.42. The fourth-order valence-electron chi connectivity index (χ4n) is 1.61. The Kier molecular flexibility index (Phi) is 3.85. The second-order valence-electron chi connectivity index (χ2n) is 4.84. The molecule has 0 saturated heterocycles. The lowest BCUT2D eigenvalue weighted by Crippen LogP contribution is -2.28. The van der Waals surface area contributed by atoms with Gasteiger partial charge in [-0.1, -0.05) is 12.1 Å². The molecule has 1 aromatic heterocycles. The van der Waals surface area contributed by atoms with Gasteiger partial charge in [0, 0.05) is 11.1 Å². The Labute approximate surface area is 120 Å². The minimum absolute atomic E-state index is 0.281. The van der Waals surface area contributed by atoms with Crippen LogP contribution in [0.5, 0.6) is 0 Å². The van der Waals surface area contributed by atoms with Crippen LogP contribution in [-0.4, -0.2) is 22.0 Å². The molecule has 2 rings (SSSR count). The van der Waals surface area contributed by atoms with E-state index < -0.39 is 11.4 Å². The lowest BCUT2D eigenvalue weighted by molar-refractivity contribution is -0.142. The summed E-state index contributed by atoms with van der Waals surface area (Å²) in [6, 6.07) is 6.77. The molecule has 1 heterocycles. The molecular formula is C14H14N2O3S. The monoisotopic (exact) mass is 290 g/mol. The van der Waals surface area contributed by atoms with Gasteiger partial charge in [-0.25, -0.2) is 4.98 Å². The average Bonchev–Trinajstić information content (AvgIpc) is 2.93. The van der Waals surface area contributed by atoms with Crippen molar-refractivity contribution in [2.45, 2.75) is 19.3 Å². The fraction of sp³-hybridized carbons (Fsp3) is 0.214. The van der Waals surface area contributed by atoms with Crippen LogP contribution in [0.1, 0.15) is 29.9 Å². The van der Waals surface area contributed by atoms with Gasteiger partial charge in [0.15, 0.2) is 0 Å². The van der Waals surface area contributed by atoms with Crippen LogP contribution in [0, 0.1) is 0 Å². The SMILES string of the molecule is CC(C)(C(=O)O)c1ccc(NC(=O)c2cscn2)cc1. The average molecular weight is 290 g/mol. The summed E-state index contributed by atoms with van der Waals surface area (Å²) in [4.78, 5) is 26.9. The molecule has 0 unspecified atom stereocenters. The van der Waals surface area contributed by atoms with Crippen LogP contribution in [0.2, 0.25) is 0 Å². The predicted octanol–water partition coefficient (Wildman–Crippen LogP) is 2.76. The van der Waals surface area contributed by atoms with Crippen LogP contribution < -0.4 is 5.32 Å². The largest absolute Gasteiger partial charge is 0.481 e. The maximum absolute atomic E-state index is 11.8. The van der Waals surface area contributed by atoms with Gasteiger partial charge in [0.05, 0.1) is 10.9 Å². The van der Waals surface area contributed by atoms with Crippen LogP contribution in [0.3, 0.4) is 0 Å². The molecule has 0 aliphatic carbocycles. The third-order valence-corrected chi connectivity index (χ3v) is 3.65. The van der Waals surface area contributed by atoms with E-state index in [1.54, 1.807) is 49.0 Å². The summed E-state index contributed by atoms with van der Waals surface area (Å²) >= 11 is 1.35. The van der Waals surface area contributed by atoms with Gasteiger partial charge < -0.3 is 10.4 Å². The van der Waals surface area contributed by atoms with Crippen molar-refractivity contribution in [3.8, 4) is 0 Å². The number of hydrogen-bond acceptors (Lipinski definition) is 4. The molecule has 0 saturated carbocycles. The van der Waals surface area contributed by atoms with Gasteiger partial charge in [0.25, 0.3) is 5.91 Å². The van der Waals surface area contributed by atoms with Crippen molar-refractivity contribution in [1.29, 1.82) is 0 Å². The van der Waals surface area contributed by atoms with Gasteiger partial charge in [-0.2, -0.15) is 0 Å². The maximum Gasteiger partial charge on any atom is 0.313 e. The molecule has 0 atom stereocenters. The van der Waals surface area contributed by atoms with E-state index in [0.29, 0.717) is 16.9 Å². The van der Waals surface area contributed by atoms with Crippen molar-refractivity contribution in [2.24, 2.45) is 0 Å². The van der Waals surface area contributed by atoms with Gasteiger partial charge in [-0.15, -0.1) is 11.3 Å². The Balaban J connectivity index is 2.13. The first-order valence-corrected chi connectivity index (χ1v) is 6.89. The highest BCUT2D eigenvalue weighted by Gasteiger charge is 2.29. The number of hydrogen-bond donors (Lipinski definition) is 2. The van der Waals surface area contributed by atoms with Crippen LogP contribution in [0.4, 0.5) is 5.69 Å². The molecule has 2 aromatic rings. The lowest BCUT2D eigenvalue weighted by Gasteiger charge is -2.19. The van der Waals surface area contributed by atoms with Crippen molar-refractivity contribution in [3.63, 3.8) is 0 Å². The molecule has 0 fully saturated rings. The Morgan fingerprint density at radius 1 is 1.25 bits per heavy atom. The van der Waals surface area contributed by atoms with Crippen LogP contribution in [0.15, 0.2) is 35.2 Å². The van der Waals surface area contributed by atoms with Gasteiger partial charge in [-0.3, -0.25) is 9.59 Å². The molecule has 104 valence electrons. The summed E-state index contributed by atoms with van der Waals surface area (Å²) in [7, 11) is 0. The first kappa shape index (κ1) is 14.2. The molecule has 2 N–H and O–H groups in total. The minimum atomic E-state index is -0.961. The minimum Gasteiger partial charge on any atom is -0.481 e. The Morgan fingerprint density at radius 2 is 1.90 bits per heavy atom. The fourth-order valence-corrected chi connectivity index (χ4v) is 2.15. The first-order chi connectivity index (χ1) is 9.41. The molecule has 0 spiro atoms. The van der Waals surface area contributed by atoms with E-state index in [4.69, 9.17) is 5.11 Å². The number of carbonyl (C=O) groups excluding carboxylic acids is 1. The van der Waals surface area contributed by atoms with E-state index in [1.165, 1.54) is 11.3 Å². The number of benzene rings is 1. The van der Waals surface area contributed by atoms with E-state index in [1.807, 2.05) is 0 Å². The number of anilines is 1. The number of nitrogens with zero attached hydrogens (tertiary/aromatic N) is 1. The molecule has 1 aromatic carbocycles. The highest BCUT2D eigenvalue weighted by Crippen LogP contribution is 2.24.